The van der Waals surface area contributed by atoms with Crippen molar-refractivity contribution in [3.63, 3.8) is 0 Å². The lowest BCUT2D eigenvalue weighted by Gasteiger charge is -2.14. The van der Waals surface area contributed by atoms with Crippen LogP contribution < -0.4 is 14.2 Å². The largest absolute Gasteiger partial charge is 0.487 e. The van der Waals surface area contributed by atoms with Gasteiger partial charge in [0, 0.05) is 11.6 Å². The average Bonchev–Trinajstić information content (AvgIpc) is 3.16. The average molecular weight is 496 g/mol. The van der Waals surface area contributed by atoms with Gasteiger partial charge in [0.15, 0.2) is 16.4 Å². The van der Waals surface area contributed by atoms with Gasteiger partial charge in [-0.3, -0.25) is 9.82 Å². The van der Waals surface area contributed by atoms with E-state index >= 15 is 4.39 Å². The number of aryl methyl sites for hydroxylation is 1. The van der Waals surface area contributed by atoms with E-state index in [0.29, 0.717) is 16.7 Å². The van der Waals surface area contributed by atoms with Crippen molar-refractivity contribution in [2.24, 2.45) is 0 Å². The maximum Gasteiger partial charge on any atom is 0.267 e. The Morgan fingerprint density at radius 3 is 2.73 bits per heavy atom. The number of nitrogens with zero attached hydrogens (tertiary/aromatic N) is 3. The SMILES string of the molecule is COc1ncc(Cl)cc1S(=O)(=O)Nc1ccc(F)c(COc2cnc3[nH]nc(C)c3c2)c1F. The van der Waals surface area contributed by atoms with Crippen LogP contribution in [0.1, 0.15) is 11.3 Å². The number of aromatic amines is 1. The van der Waals surface area contributed by atoms with Gasteiger partial charge in [-0.2, -0.15) is 5.10 Å². The number of rotatable bonds is 7. The summed E-state index contributed by atoms with van der Waals surface area (Å²) in [5.74, 6) is -2.03. The third kappa shape index (κ3) is 4.52. The summed E-state index contributed by atoms with van der Waals surface area (Å²) in [5, 5.41) is 7.48. The fraction of sp³-hybridized carbons (Fsp3) is 0.150. The number of halogens is 3. The third-order valence-electron chi connectivity index (χ3n) is 4.66. The molecular formula is C20H16ClF2N5O4S. The number of hydrogen-bond acceptors (Lipinski definition) is 7. The molecule has 33 heavy (non-hydrogen) atoms. The number of fused-ring (bicyclic) bond motifs is 1. The molecule has 0 aliphatic heterocycles. The highest BCUT2D eigenvalue weighted by Gasteiger charge is 2.24. The van der Waals surface area contributed by atoms with Crippen molar-refractivity contribution in [3.8, 4) is 11.6 Å². The number of benzene rings is 1. The molecule has 0 bridgehead atoms. The van der Waals surface area contributed by atoms with Gasteiger partial charge in [-0.25, -0.2) is 27.2 Å². The van der Waals surface area contributed by atoms with E-state index in [9.17, 15) is 12.8 Å². The molecule has 3 aromatic heterocycles. The second-order valence-corrected chi connectivity index (χ2v) is 8.91. The normalized spacial score (nSPS) is 11.5. The van der Waals surface area contributed by atoms with E-state index in [-0.39, 0.29) is 16.7 Å². The van der Waals surface area contributed by atoms with Crippen molar-refractivity contribution in [2.75, 3.05) is 11.8 Å². The Morgan fingerprint density at radius 2 is 1.97 bits per heavy atom. The van der Waals surface area contributed by atoms with Crippen LogP contribution in [0.3, 0.4) is 0 Å². The van der Waals surface area contributed by atoms with Crippen LogP contribution in [-0.2, 0) is 16.6 Å². The van der Waals surface area contributed by atoms with Gasteiger partial charge in [0.1, 0.15) is 18.2 Å². The third-order valence-corrected chi connectivity index (χ3v) is 6.23. The summed E-state index contributed by atoms with van der Waals surface area (Å²) in [6.45, 7) is 1.25. The Kier molecular flexibility index (Phi) is 6.04. The van der Waals surface area contributed by atoms with E-state index < -0.39 is 44.4 Å². The Bertz CT molecular complexity index is 1460. The van der Waals surface area contributed by atoms with Gasteiger partial charge in [0.2, 0.25) is 5.88 Å². The van der Waals surface area contributed by atoms with Crippen molar-refractivity contribution < 1.29 is 26.7 Å². The van der Waals surface area contributed by atoms with Gasteiger partial charge in [0.05, 0.1) is 35.3 Å². The van der Waals surface area contributed by atoms with Gasteiger partial charge in [-0.1, -0.05) is 11.6 Å². The van der Waals surface area contributed by atoms with Crippen molar-refractivity contribution >= 4 is 38.3 Å². The number of anilines is 1. The molecule has 0 aliphatic carbocycles. The molecule has 0 saturated heterocycles. The van der Waals surface area contributed by atoms with Gasteiger partial charge in [-0.05, 0) is 31.2 Å². The van der Waals surface area contributed by atoms with E-state index in [0.717, 1.165) is 18.2 Å². The van der Waals surface area contributed by atoms with Crippen LogP contribution in [0.4, 0.5) is 14.5 Å². The van der Waals surface area contributed by atoms with Crippen LogP contribution in [0.5, 0.6) is 11.6 Å². The minimum absolute atomic E-state index is 0.0308. The number of nitrogens with one attached hydrogen (secondary N) is 2. The lowest BCUT2D eigenvalue weighted by molar-refractivity contribution is 0.292. The number of pyridine rings is 2. The summed E-state index contributed by atoms with van der Waals surface area (Å²) in [6, 6.07) is 4.61. The number of H-pyrrole nitrogens is 1. The van der Waals surface area contributed by atoms with Gasteiger partial charge >= 0.3 is 0 Å². The molecule has 0 fully saturated rings. The van der Waals surface area contributed by atoms with E-state index in [4.69, 9.17) is 21.1 Å². The number of hydrogen-bond donors (Lipinski definition) is 2. The predicted molar refractivity (Wildman–Crippen MR) is 116 cm³/mol. The van der Waals surface area contributed by atoms with Gasteiger partial charge < -0.3 is 9.47 Å². The Labute approximate surface area is 191 Å². The molecule has 0 radical (unpaired) electrons. The van der Waals surface area contributed by atoms with E-state index in [1.807, 2.05) is 0 Å². The van der Waals surface area contributed by atoms with Crippen molar-refractivity contribution in [2.45, 2.75) is 18.4 Å². The molecule has 0 saturated carbocycles. The van der Waals surface area contributed by atoms with Crippen molar-refractivity contribution in [1.29, 1.82) is 0 Å². The maximum atomic E-state index is 15.1. The summed E-state index contributed by atoms with van der Waals surface area (Å²) in [7, 11) is -3.14. The molecule has 3 heterocycles. The molecule has 1 aromatic carbocycles. The number of sulfonamides is 1. The Balaban J connectivity index is 1.61. The summed E-state index contributed by atoms with van der Waals surface area (Å²) in [6.07, 6.45) is 2.57. The monoisotopic (exact) mass is 495 g/mol. The molecule has 9 nitrogen and oxygen atoms in total. The second-order valence-electron chi connectivity index (χ2n) is 6.82. The topological polar surface area (TPSA) is 119 Å². The standard InChI is InChI=1S/C20H16ClF2N5O4S/c1-10-13-6-12(8-24-19(13)27-26-10)32-9-14-15(22)3-4-16(18(14)23)28-33(29,30)17-5-11(21)7-25-20(17)31-2/h3-8,28H,9H2,1-2H3,(H,24,26,27). The predicted octanol–water partition coefficient (Wildman–Crippen LogP) is 3.98. The lowest BCUT2D eigenvalue weighted by atomic mass is 10.2. The minimum Gasteiger partial charge on any atom is -0.487 e. The molecule has 0 aliphatic rings. The highest BCUT2D eigenvalue weighted by Crippen LogP contribution is 2.29. The van der Waals surface area contributed by atoms with Crippen molar-refractivity contribution in [1.82, 2.24) is 20.2 Å². The summed E-state index contributed by atoms with van der Waals surface area (Å²) in [4.78, 5) is 7.51. The second kappa shape index (κ2) is 8.79. The maximum absolute atomic E-state index is 15.1. The van der Waals surface area contributed by atoms with E-state index in [1.165, 1.54) is 19.5 Å². The number of ether oxygens (including phenoxy) is 2. The molecule has 2 N–H and O–H groups in total. The Hall–Kier alpha value is -3.51. The minimum atomic E-state index is -4.37. The van der Waals surface area contributed by atoms with Crippen LogP contribution in [0.15, 0.2) is 41.6 Å². The van der Waals surface area contributed by atoms with E-state index in [2.05, 4.69) is 24.9 Å². The quantitative estimate of drug-likeness (QED) is 0.398. The number of methoxy groups -OCH3 is 1. The molecule has 0 atom stereocenters. The van der Waals surface area contributed by atoms with Gasteiger partial charge in [-0.15, -0.1) is 0 Å². The molecule has 0 unspecified atom stereocenters. The molecule has 0 amide bonds. The van der Waals surface area contributed by atoms with E-state index in [1.54, 1.807) is 13.0 Å². The summed E-state index contributed by atoms with van der Waals surface area (Å²) in [5.41, 5.74) is 0.258. The van der Waals surface area contributed by atoms with Crippen LogP contribution >= 0.6 is 11.6 Å². The molecule has 0 spiro atoms. The first-order valence-corrected chi connectivity index (χ1v) is 11.2. The van der Waals surface area contributed by atoms with Crippen LogP contribution in [0.25, 0.3) is 11.0 Å². The molecule has 172 valence electrons. The zero-order chi connectivity index (χ0) is 23.8. The fourth-order valence-corrected chi connectivity index (χ4v) is 4.43. The van der Waals surface area contributed by atoms with Crippen LogP contribution in [-0.4, -0.2) is 35.7 Å². The zero-order valence-corrected chi connectivity index (χ0v) is 18.8. The first-order valence-electron chi connectivity index (χ1n) is 9.32. The van der Waals surface area contributed by atoms with Crippen LogP contribution in [0, 0.1) is 18.6 Å². The summed E-state index contributed by atoms with van der Waals surface area (Å²) >= 11 is 5.84. The number of aromatic nitrogens is 4. The molecule has 4 aromatic rings. The first-order chi connectivity index (χ1) is 15.7. The Morgan fingerprint density at radius 1 is 1.18 bits per heavy atom. The van der Waals surface area contributed by atoms with Crippen LogP contribution in [0.2, 0.25) is 5.02 Å². The first kappa shape index (κ1) is 22.7. The molecular weight excluding hydrogens is 480 g/mol. The zero-order valence-electron chi connectivity index (χ0n) is 17.2. The lowest BCUT2D eigenvalue weighted by Crippen LogP contribution is -2.17. The molecule has 4 rings (SSSR count). The van der Waals surface area contributed by atoms with Crippen molar-refractivity contribution in [3.05, 3.63) is 64.6 Å². The highest BCUT2D eigenvalue weighted by atomic mass is 35.5. The van der Waals surface area contributed by atoms with Gasteiger partial charge in [0.25, 0.3) is 10.0 Å². The highest BCUT2D eigenvalue weighted by molar-refractivity contribution is 7.92. The summed E-state index contributed by atoms with van der Waals surface area (Å²) < 4.78 is 67.5. The smallest absolute Gasteiger partial charge is 0.267 e. The molecule has 13 heteroatoms. The fourth-order valence-electron chi connectivity index (χ4n) is 3.00.